The van der Waals surface area contributed by atoms with Crippen molar-refractivity contribution < 1.29 is 26.8 Å². The maximum Gasteiger partial charge on any atom is 0.234 e. The van der Waals surface area contributed by atoms with E-state index in [1.807, 2.05) is 36.4 Å². The normalized spacial score (nSPS) is 19.5. The molecule has 60 heavy (non-hydrogen) atoms. The summed E-state index contributed by atoms with van der Waals surface area (Å²) in [5.74, 6) is -1.37. The van der Waals surface area contributed by atoms with E-state index >= 15 is 8.78 Å². The Morgan fingerprint density at radius 3 is 2.42 bits per heavy atom. The van der Waals surface area contributed by atoms with Crippen LogP contribution in [0.2, 0.25) is 0 Å². The minimum absolute atomic E-state index is 0.218. The molecule has 17 heteroatoms. The number of carbonyl (C=O) groups excluding carboxylic acids is 2. The number of aromatic amines is 1. The predicted octanol–water partition coefficient (Wildman–Crippen LogP) is 5.39. The van der Waals surface area contributed by atoms with Crippen LogP contribution in [0.3, 0.4) is 0 Å². The Labute approximate surface area is 347 Å². The van der Waals surface area contributed by atoms with E-state index in [1.54, 1.807) is 18.3 Å². The maximum atomic E-state index is 15.8. The van der Waals surface area contributed by atoms with Gasteiger partial charge in [-0.25, -0.2) is 17.2 Å². The molecule has 0 radical (unpaired) electrons. The summed E-state index contributed by atoms with van der Waals surface area (Å²) in [6.07, 6.45) is 6.71. The lowest BCUT2D eigenvalue weighted by molar-refractivity contribution is -0.134. The molecule has 0 bridgehead atoms. The van der Waals surface area contributed by atoms with Gasteiger partial charge in [-0.2, -0.15) is 9.97 Å². The molecule has 0 spiro atoms. The molecule has 1 atom stereocenters. The number of amides is 2. The van der Waals surface area contributed by atoms with Crippen molar-refractivity contribution in [3.8, 4) is 0 Å². The van der Waals surface area contributed by atoms with Crippen LogP contribution in [0.15, 0.2) is 66.9 Å². The summed E-state index contributed by atoms with van der Waals surface area (Å²) in [4.78, 5) is 43.3. The smallest absolute Gasteiger partial charge is 0.234 e. The van der Waals surface area contributed by atoms with E-state index in [-0.39, 0.29) is 24.1 Å². The predicted molar refractivity (Wildman–Crippen MR) is 228 cm³/mol. The average molecular weight is 839 g/mol. The van der Waals surface area contributed by atoms with Gasteiger partial charge in [0.25, 0.3) is 0 Å². The van der Waals surface area contributed by atoms with E-state index < -0.39 is 27.7 Å². The van der Waals surface area contributed by atoms with Crippen molar-refractivity contribution in [3.05, 3.63) is 95.2 Å². The summed E-state index contributed by atoms with van der Waals surface area (Å²) in [6.45, 7) is 6.43. The molecule has 314 valence electrons. The number of halogens is 2. The first kappa shape index (κ1) is 39.8. The van der Waals surface area contributed by atoms with Crippen molar-refractivity contribution in [2.75, 3.05) is 78.5 Å². The molecule has 2 amide bonds. The minimum Gasteiger partial charge on any atom is -0.369 e. The second-order valence-electron chi connectivity index (χ2n) is 16.2. The summed E-state index contributed by atoms with van der Waals surface area (Å²) in [5, 5.41) is 9.54. The fourth-order valence-electron chi connectivity index (χ4n) is 9.15. The lowest BCUT2D eigenvalue weighted by atomic mass is 9.89. The summed E-state index contributed by atoms with van der Waals surface area (Å²) < 4.78 is 57.3. The van der Waals surface area contributed by atoms with Gasteiger partial charge in [0.05, 0.1) is 34.6 Å². The third-order valence-corrected chi connectivity index (χ3v) is 13.5. The van der Waals surface area contributed by atoms with E-state index in [4.69, 9.17) is 4.98 Å². The Morgan fingerprint density at radius 1 is 0.850 bits per heavy atom. The van der Waals surface area contributed by atoms with Crippen LogP contribution in [0.4, 0.5) is 43.3 Å². The van der Waals surface area contributed by atoms with E-state index in [0.717, 1.165) is 75.2 Å². The molecule has 4 aliphatic heterocycles. The number of H-pyrrole nitrogens is 1. The molecular formula is C43H48F2N10O4S. The molecule has 1 unspecified atom stereocenters. The fourth-order valence-corrected chi connectivity index (χ4v) is 10.1. The van der Waals surface area contributed by atoms with Crippen LogP contribution < -0.4 is 25.2 Å². The molecule has 3 fully saturated rings. The number of anilines is 6. The first-order chi connectivity index (χ1) is 29.0. The lowest BCUT2D eigenvalue weighted by Crippen LogP contribution is -2.53. The number of rotatable bonds is 11. The van der Waals surface area contributed by atoms with Gasteiger partial charge in [-0.3, -0.25) is 24.1 Å². The number of imide groups is 1. The van der Waals surface area contributed by atoms with Gasteiger partial charge in [0.2, 0.25) is 27.8 Å². The van der Waals surface area contributed by atoms with Gasteiger partial charge in [0, 0.05) is 82.3 Å². The Morgan fingerprint density at radius 2 is 1.67 bits per heavy atom. The molecule has 4 N–H and O–H groups in total. The summed E-state index contributed by atoms with van der Waals surface area (Å²) in [5.41, 5.74) is 5.02. The van der Waals surface area contributed by atoms with Gasteiger partial charge >= 0.3 is 0 Å². The number of benzene rings is 3. The van der Waals surface area contributed by atoms with Crippen molar-refractivity contribution in [1.82, 2.24) is 30.1 Å². The van der Waals surface area contributed by atoms with Crippen LogP contribution in [-0.2, 0) is 32.5 Å². The van der Waals surface area contributed by atoms with Crippen LogP contribution in [0.25, 0.3) is 11.0 Å². The van der Waals surface area contributed by atoms with Crippen molar-refractivity contribution in [3.63, 3.8) is 0 Å². The van der Waals surface area contributed by atoms with Gasteiger partial charge in [-0.05, 0) is 79.6 Å². The number of sulfonamides is 1. The quantitative estimate of drug-likeness (QED) is 0.126. The molecule has 0 aliphatic carbocycles. The Hall–Kier alpha value is -5.65. The van der Waals surface area contributed by atoms with E-state index in [1.165, 1.54) is 22.7 Å². The third-order valence-electron chi connectivity index (χ3n) is 12.4. The van der Waals surface area contributed by atoms with Crippen LogP contribution >= 0.6 is 0 Å². The largest absolute Gasteiger partial charge is 0.369 e. The Kier molecular flexibility index (Phi) is 10.9. The number of piperidine rings is 2. The molecule has 6 heterocycles. The molecule has 3 saturated heterocycles. The van der Waals surface area contributed by atoms with Crippen LogP contribution in [0.5, 0.6) is 0 Å². The number of carbonyl (C=O) groups is 2. The summed E-state index contributed by atoms with van der Waals surface area (Å²) >= 11 is 0. The zero-order chi connectivity index (χ0) is 41.5. The number of piperazine rings is 1. The lowest BCUT2D eigenvalue weighted by Gasteiger charge is -2.43. The highest BCUT2D eigenvalue weighted by Gasteiger charge is 2.32. The zero-order valence-corrected chi connectivity index (χ0v) is 34.2. The molecule has 4 aliphatic rings. The molecule has 14 nitrogen and oxygen atoms in total. The second kappa shape index (κ2) is 16.4. The molecule has 9 rings (SSSR count). The standard InChI is InChI=1S/C43H48F2N10O4S/c1-60(58,59)55-20-13-28-3-2-4-36(39(28)55)48-41-33-11-16-46-40(33)50-43(51-41)47-29-6-9-37(35(45)26-29)54-18-14-30(15-19-54)53-23-21-52(22-24-53)17-12-27-5-7-31(34(44)25-27)32-8-10-38(56)49-42(32)57/h2-7,9,11,16,25-26,30,32H,8,10,12-15,17-24H2,1H3,(H,49,56,57)(H3,46,47,48,50,51). The number of hydrogen-bond donors (Lipinski definition) is 4. The van der Waals surface area contributed by atoms with Gasteiger partial charge in [0.15, 0.2) is 0 Å². The molecule has 3 aromatic carbocycles. The number of nitrogens with one attached hydrogen (secondary N) is 4. The Bertz CT molecular complexity index is 2550. The van der Waals surface area contributed by atoms with Crippen LogP contribution in [0.1, 0.15) is 48.3 Å². The number of aromatic nitrogens is 3. The van der Waals surface area contributed by atoms with Gasteiger partial charge in [0.1, 0.15) is 23.1 Å². The maximum absolute atomic E-state index is 15.8. The van der Waals surface area contributed by atoms with E-state index in [0.29, 0.717) is 71.6 Å². The fraction of sp³-hybridized carbons (Fsp3) is 0.395. The highest BCUT2D eigenvalue weighted by Crippen LogP contribution is 2.39. The van der Waals surface area contributed by atoms with Crippen LogP contribution in [-0.4, -0.2) is 110 Å². The molecule has 5 aromatic rings. The van der Waals surface area contributed by atoms with E-state index in [2.05, 4.69) is 40.6 Å². The van der Waals surface area contributed by atoms with Crippen molar-refractivity contribution in [2.45, 2.75) is 50.5 Å². The first-order valence-electron chi connectivity index (χ1n) is 20.6. The topological polar surface area (TPSA) is 159 Å². The molecular weight excluding hydrogens is 791 g/mol. The van der Waals surface area contributed by atoms with Gasteiger partial charge in [-0.1, -0.05) is 24.3 Å². The number of hydrogen-bond acceptors (Lipinski definition) is 11. The average Bonchev–Trinajstić information content (AvgIpc) is 3.90. The first-order valence-corrected chi connectivity index (χ1v) is 22.4. The number of para-hydroxylation sites is 1. The molecule has 0 saturated carbocycles. The third kappa shape index (κ3) is 8.25. The second-order valence-corrected chi connectivity index (χ2v) is 18.1. The van der Waals surface area contributed by atoms with Gasteiger partial charge < -0.3 is 25.4 Å². The highest BCUT2D eigenvalue weighted by molar-refractivity contribution is 7.92. The highest BCUT2D eigenvalue weighted by atomic mass is 32.2. The van der Waals surface area contributed by atoms with Crippen molar-refractivity contribution >= 4 is 67.4 Å². The number of fused-ring (bicyclic) bond motifs is 2. The number of nitrogens with zero attached hydrogens (tertiary/aromatic N) is 6. The Balaban J connectivity index is 0.773. The van der Waals surface area contributed by atoms with E-state index in [9.17, 15) is 18.0 Å². The van der Waals surface area contributed by atoms with Crippen LogP contribution in [0, 0.1) is 11.6 Å². The molecule has 2 aromatic heterocycles. The minimum atomic E-state index is -3.47. The summed E-state index contributed by atoms with van der Waals surface area (Å²) in [6, 6.07) is 18.1. The zero-order valence-electron chi connectivity index (χ0n) is 33.4. The monoisotopic (exact) mass is 838 g/mol. The van der Waals surface area contributed by atoms with Crippen molar-refractivity contribution in [1.29, 1.82) is 0 Å². The van der Waals surface area contributed by atoms with Gasteiger partial charge in [-0.15, -0.1) is 0 Å². The van der Waals surface area contributed by atoms with Crippen molar-refractivity contribution in [2.24, 2.45) is 0 Å². The SMILES string of the molecule is CS(=O)(=O)N1CCc2cccc(Nc3nc(Nc4ccc(N5CCC(N6CCN(CCc7ccc(C8CCC(=O)NC8=O)c(F)c7)CC6)CC5)c(F)c4)nc4[nH]ccc34)c21. The summed E-state index contributed by atoms with van der Waals surface area (Å²) in [7, 11) is -3.47.